The molecule has 0 aromatic heterocycles. The van der Waals surface area contributed by atoms with Gasteiger partial charge < -0.3 is 44.6 Å². The molecule has 0 bridgehead atoms. The van der Waals surface area contributed by atoms with Gasteiger partial charge in [-0.15, -0.1) is 0 Å². The molecule has 0 amide bonds. The first-order chi connectivity index (χ1) is 31.9. The molecule has 376 valence electrons. The van der Waals surface area contributed by atoms with Gasteiger partial charge in [-0.25, -0.2) is 4.57 Å². The third kappa shape index (κ3) is 28.3. The van der Waals surface area contributed by atoms with Gasteiger partial charge in [0.15, 0.2) is 6.10 Å². The third-order valence-electron chi connectivity index (χ3n) is 11.1. The fourth-order valence-corrected chi connectivity index (χ4v) is 8.03. The molecule has 1 heterocycles. The molecule has 5 unspecified atom stereocenters. The summed E-state index contributed by atoms with van der Waals surface area (Å²) in [6.45, 7) is 3.16. The molecule has 1 saturated heterocycles. The largest absolute Gasteiger partial charge is 0.472 e. The van der Waals surface area contributed by atoms with Crippen LogP contribution in [0.25, 0.3) is 0 Å². The van der Waals surface area contributed by atoms with Gasteiger partial charge in [-0.1, -0.05) is 137 Å². The quantitative estimate of drug-likeness (QED) is 0.0112. The maximum absolute atomic E-state index is 12.8. The van der Waals surface area contributed by atoms with Gasteiger partial charge in [-0.05, 0) is 89.9 Å². The number of aliphatic hydroxyl groups is 5. The summed E-state index contributed by atoms with van der Waals surface area (Å²) in [7, 11) is -5.15. The molecule has 2 rings (SSSR count). The highest BCUT2D eigenvalue weighted by atomic mass is 31.2. The number of allylic oxidation sites excluding steroid dienone is 13. The first kappa shape index (κ1) is 59.1. The second-order valence-electron chi connectivity index (χ2n) is 17.0. The average molecular weight is 951 g/mol. The summed E-state index contributed by atoms with van der Waals surface area (Å²) in [6, 6.07) is 0. The number of phosphoric ester groups is 1. The molecule has 15 heteroatoms. The SMILES string of the molecule is CCCCC/C=C\C/C=C\C/C=C\C/C=C\CCCCCC(=O)OC[C@H](COP(=O)(O)OC1[C@H](O)[C@H](O)C(O)[C@H](O)[C@H]1O)OC(=O)CCC/C=C\C/C=C\C/C=C\CC1OC1CCCCC. The molecule has 0 aromatic carbocycles. The molecule has 10 atom stereocenters. The number of hydrogen-bond acceptors (Lipinski definition) is 13. The van der Waals surface area contributed by atoms with E-state index in [1.54, 1.807) is 0 Å². The average Bonchev–Trinajstić information content (AvgIpc) is 4.06. The Hall–Kier alpha value is -3.01. The van der Waals surface area contributed by atoms with Crippen LogP contribution in [0.5, 0.6) is 0 Å². The topological polar surface area (TPSA) is 222 Å². The van der Waals surface area contributed by atoms with E-state index in [9.17, 15) is 44.6 Å². The monoisotopic (exact) mass is 951 g/mol. The number of epoxide rings is 1. The van der Waals surface area contributed by atoms with Gasteiger partial charge in [-0.2, -0.15) is 0 Å². The molecule has 0 aromatic rings. The van der Waals surface area contributed by atoms with Crippen molar-refractivity contribution in [3.8, 4) is 0 Å². The van der Waals surface area contributed by atoms with Gasteiger partial charge in [-0.3, -0.25) is 18.6 Å². The second-order valence-corrected chi connectivity index (χ2v) is 18.4. The lowest BCUT2D eigenvalue weighted by atomic mass is 9.85. The van der Waals surface area contributed by atoms with Crippen LogP contribution in [0.15, 0.2) is 85.1 Å². The van der Waals surface area contributed by atoms with E-state index in [0.717, 1.165) is 70.6 Å². The van der Waals surface area contributed by atoms with Crippen molar-refractivity contribution < 1.29 is 67.8 Å². The van der Waals surface area contributed by atoms with Gasteiger partial charge in [0.05, 0.1) is 18.8 Å². The third-order valence-corrected chi connectivity index (χ3v) is 12.1. The van der Waals surface area contributed by atoms with Crippen molar-refractivity contribution in [2.75, 3.05) is 13.2 Å². The Balaban J connectivity index is 1.73. The van der Waals surface area contributed by atoms with Gasteiger partial charge in [0.1, 0.15) is 43.2 Å². The number of aliphatic hydroxyl groups excluding tert-OH is 5. The number of carbonyl (C=O) groups excluding carboxylic acids is 2. The van der Waals surface area contributed by atoms with Crippen LogP contribution in [0.1, 0.15) is 155 Å². The Morgan fingerprint density at radius 2 is 1.02 bits per heavy atom. The maximum Gasteiger partial charge on any atom is 0.472 e. The van der Waals surface area contributed by atoms with E-state index in [1.807, 2.05) is 12.2 Å². The van der Waals surface area contributed by atoms with Crippen molar-refractivity contribution >= 4 is 19.8 Å². The van der Waals surface area contributed by atoms with Crippen molar-refractivity contribution in [3.05, 3.63) is 85.1 Å². The van der Waals surface area contributed by atoms with Gasteiger partial charge in [0.2, 0.25) is 0 Å². The first-order valence-corrected chi connectivity index (χ1v) is 26.0. The number of phosphoric acid groups is 1. The summed E-state index contributed by atoms with van der Waals surface area (Å²) in [4.78, 5) is 35.8. The zero-order valence-electron chi connectivity index (χ0n) is 39.6. The number of carbonyl (C=O) groups is 2. The Morgan fingerprint density at radius 3 is 1.58 bits per heavy atom. The number of hydrogen-bond donors (Lipinski definition) is 6. The summed E-state index contributed by atoms with van der Waals surface area (Å²) in [5.74, 6) is -1.21. The molecule has 2 aliphatic rings. The Morgan fingerprint density at radius 1 is 0.545 bits per heavy atom. The van der Waals surface area contributed by atoms with E-state index < -0.39 is 75.7 Å². The van der Waals surface area contributed by atoms with E-state index in [2.05, 4.69) is 86.8 Å². The van der Waals surface area contributed by atoms with Crippen molar-refractivity contribution in [3.63, 3.8) is 0 Å². The highest BCUT2D eigenvalue weighted by Gasteiger charge is 2.51. The molecule has 14 nitrogen and oxygen atoms in total. The lowest BCUT2D eigenvalue weighted by Gasteiger charge is -2.41. The molecule has 2 fully saturated rings. The zero-order chi connectivity index (χ0) is 48.3. The lowest BCUT2D eigenvalue weighted by Crippen LogP contribution is -2.64. The normalized spacial score (nSPS) is 25.1. The van der Waals surface area contributed by atoms with Gasteiger partial charge in [0.25, 0.3) is 0 Å². The number of ether oxygens (including phenoxy) is 3. The Kier molecular flexibility index (Phi) is 33.1. The van der Waals surface area contributed by atoms with Crippen LogP contribution in [0.3, 0.4) is 0 Å². The van der Waals surface area contributed by atoms with Crippen LogP contribution in [0.2, 0.25) is 0 Å². The minimum Gasteiger partial charge on any atom is -0.462 e. The molecular weight excluding hydrogens is 868 g/mol. The van der Waals surface area contributed by atoms with E-state index in [-0.39, 0.29) is 12.8 Å². The molecule has 1 saturated carbocycles. The molecule has 1 aliphatic carbocycles. The maximum atomic E-state index is 12.8. The minimum absolute atomic E-state index is 0.00484. The van der Waals surface area contributed by atoms with E-state index in [0.29, 0.717) is 31.5 Å². The van der Waals surface area contributed by atoms with Gasteiger partial charge in [0, 0.05) is 12.8 Å². The highest BCUT2D eigenvalue weighted by Crippen LogP contribution is 2.47. The van der Waals surface area contributed by atoms with Crippen molar-refractivity contribution in [2.45, 2.75) is 210 Å². The van der Waals surface area contributed by atoms with Crippen LogP contribution in [0, 0.1) is 0 Å². The number of rotatable bonds is 38. The van der Waals surface area contributed by atoms with Crippen LogP contribution in [0.4, 0.5) is 0 Å². The standard InChI is InChI=1S/C51H83O14P/c1-3-5-7-8-9-10-11-12-13-14-15-16-17-18-19-23-26-29-33-37-44(52)61-39-41(40-62-66(59,60)65-51-49(57)47(55)46(54)48(56)50(51)58)63-45(53)38-34-30-27-24-21-20-22-25-28-32-36-43-42(64-43)35-31-6-4-2/h9-10,12-13,15-16,18-20,22,24,27-28,32,41-43,46-51,54-58H,3-8,11,14,17,21,23,25-26,29-31,33-40H2,1-2H3,(H,59,60)/b10-9-,13-12-,16-15-,19-18-,22-20-,27-24-,32-28-/t41-,42?,43?,46?,47-,48+,49-,50-,51?/m1/s1. The van der Waals surface area contributed by atoms with Gasteiger partial charge >= 0.3 is 19.8 Å². The Bertz CT molecular complexity index is 1540. The van der Waals surface area contributed by atoms with Crippen LogP contribution >= 0.6 is 7.82 Å². The second kappa shape index (κ2) is 37.0. The first-order valence-electron chi connectivity index (χ1n) is 24.5. The van der Waals surface area contributed by atoms with Crippen LogP contribution in [-0.4, -0.2) is 111 Å². The molecule has 0 radical (unpaired) electrons. The summed E-state index contributed by atoms with van der Waals surface area (Å²) >= 11 is 0. The predicted molar refractivity (Wildman–Crippen MR) is 257 cm³/mol. The van der Waals surface area contributed by atoms with E-state index >= 15 is 0 Å². The molecule has 0 spiro atoms. The lowest BCUT2D eigenvalue weighted by molar-refractivity contribution is -0.220. The van der Waals surface area contributed by atoms with Crippen molar-refractivity contribution in [2.24, 2.45) is 0 Å². The fraction of sp³-hybridized carbons (Fsp3) is 0.686. The van der Waals surface area contributed by atoms with E-state index in [4.69, 9.17) is 23.3 Å². The molecule has 6 N–H and O–H groups in total. The van der Waals surface area contributed by atoms with Crippen LogP contribution in [-0.2, 0) is 37.4 Å². The fourth-order valence-electron chi connectivity index (χ4n) is 7.06. The molecule has 66 heavy (non-hydrogen) atoms. The smallest absolute Gasteiger partial charge is 0.462 e. The highest BCUT2D eigenvalue weighted by molar-refractivity contribution is 7.47. The summed E-state index contributed by atoms with van der Waals surface area (Å²) in [6.07, 6.45) is 36.7. The predicted octanol–water partition coefficient (Wildman–Crippen LogP) is 9.04. The van der Waals surface area contributed by atoms with Crippen LogP contribution < -0.4 is 0 Å². The summed E-state index contributed by atoms with van der Waals surface area (Å²) in [5.41, 5.74) is 0. The summed E-state index contributed by atoms with van der Waals surface area (Å²) < 4.78 is 39.2. The minimum atomic E-state index is -5.15. The van der Waals surface area contributed by atoms with Crippen molar-refractivity contribution in [1.82, 2.24) is 0 Å². The Labute approximate surface area is 394 Å². The molecular formula is C51H83O14P. The number of unbranched alkanes of at least 4 members (excludes halogenated alkanes) is 9. The van der Waals surface area contributed by atoms with E-state index in [1.165, 1.54) is 38.5 Å². The summed E-state index contributed by atoms with van der Waals surface area (Å²) in [5, 5.41) is 50.2. The van der Waals surface area contributed by atoms with Crippen molar-refractivity contribution in [1.29, 1.82) is 0 Å². The molecule has 1 aliphatic heterocycles. The number of esters is 2. The zero-order valence-corrected chi connectivity index (χ0v) is 40.5.